The lowest BCUT2D eigenvalue weighted by atomic mass is 10.2. The lowest BCUT2D eigenvalue weighted by Crippen LogP contribution is -2.17. The van der Waals surface area contributed by atoms with E-state index in [4.69, 9.17) is 4.74 Å². The highest BCUT2D eigenvalue weighted by molar-refractivity contribution is 5.89. The standard InChI is InChI=1S/C13H15N3O2/c1-11(5-9-16-8-3-7-15-16)18-13(17)12-4-2-6-14-10-12/h2-4,6-8,10-11H,5,9H2,1H3. The van der Waals surface area contributed by atoms with E-state index in [-0.39, 0.29) is 12.1 Å². The number of hydrogen-bond donors (Lipinski definition) is 0. The lowest BCUT2D eigenvalue weighted by molar-refractivity contribution is 0.0313. The Morgan fingerprint density at radius 1 is 1.44 bits per heavy atom. The topological polar surface area (TPSA) is 57.0 Å². The van der Waals surface area contributed by atoms with Gasteiger partial charge < -0.3 is 4.74 Å². The fraction of sp³-hybridized carbons (Fsp3) is 0.308. The predicted molar refractivity (Wildman–Crippen MR) is 66.0 cm³/mol. The summed E-state index contributed by atoms with van der Waals surface area (Å²) in [6.45, 7) is 2.60. The summed E-state index contributed by atoms with van der Waals surface area (Å²) in [5, 5.41) is 4.09. The second kappa shape index (κ2) is 5.95. The highest BCUT2D eigenvalue weighted by atomic mass is 16.5. The molecule has 0 N–H and O–H groups in total. The summed E-state index contributed by atoms with van der Waals surface area (Å²) >= 11 is 0. The van der Waals surface area contributed by atoms with Crippen molar-refractivity contribution in [2.24, 2.45) is 0 Å². The average molecular weight is 245 g/mol. The number of aromatic nitrogens is 3. The molecular formula is C13H15N3O2. The largest absolute Gasteiger partial charge is 0.459 e. The van der Waals surface area contributed by atoms with Crippen molar-refractivity contribution in [3.8, 4) is 0 Å². The molecule has 0 aromatic carbocycles. The zero-order valence-electron chi connectivity index (χ0n) is 10.2. The minimum Gasteiger partial charge on any atom is -0.459 e. The average Bonchev–Trinajstić information content (AvgIpc) is 2.90. The van der Waals surface area contributed by atoms with E-state index in [1.165, 1.54) is 6.20 Å². The van der Waals surface area contributed by atoms with Crippen LogP contribution >= 0.6 is 0 Å². The molecule has 2 aromatic heterocycles. The molecule has 2 aromatic rings. The van der Waals surface area contributed by atoms with E-state index in [0.29, 0.717) is 5.56 Å². The Morgan fingerprint density at radius 2 is 2.33 bits per heavy atom. The molecule has 5 heteroatoms. The van der Waals surface area contributed by atoms with Gasteiger partial charge in [-0.05, 0) is 25.1 Å². The highest BCUT2D eigenvalue weighted by Gasteiger charge is 2.11. The molecule has 18 heavy (non-hydrogen) atoms. The summed E-state index contributed by atoms with van der Waals surface area (Å²) in [6, 6.07) is 5.27. The number of aryl methyl sites for hydroxylation is 1. The third-order valence-corrected chi connectivity index (χ3v) is 2.53. The van der Waals surface area contributed by atoms with Crippen LogP contribution in [0.4, 0.5) is 0 Å². The van der Waals surface area contributed by atoms with E-state index >= 15 is 0 Å². The maximum absolute atomic E-state index is 11.7. The highest BCUT2D eigenvalue weighted by Crippen LogP contribution is 2.05. The van der Waals surface area contributed by atoms with Gasteiger partial charge in [-0.2, -0.15) is 5.10 Å². The number of nitrogens with zero attached hydrogens (tertiary/aromatic N) is 3. The Morgan fingerprint density at radius 3 is 3.00 bits per heavy atom. The number of carbonyl (C=O) groups is 1. The number of rotatable bonds is 5. The summed E-state index contributed by atoms with van der Waals surface area (Å²) in [4.78, 5) is 15.6. The molecule has 0 saturated carbocycles. The maximum Gasteiger partial charge on any atom is 0.339 e. The lowest BCUT2D eigenvalue weighted by Gasteiger charge is -2.13. The van der Waals surface area contributed by atoms with Crippen LogP contribution in [0.3, 0.4) is 0 Å². The van der Waals surface area contributed by atoms with Crippen LogP contribution in [0.5, 0.6) is 0 Å². The molecule has 1 unspecified atom stereocenters. The smallest absolute Gasteiger partial charge is 0.339 e. The second-order valence-corrected chi connectivity index (χ2v) is 4.02. The fourth-order valence-corrected chi connectivity index (χ4v) is 1.54. The van der Waals surface area contributed by atoms with Crippen molar-refractivity contribution in [2.45, 2.75) is 26.0 Å². The van der Waals surface area contributed by atoms with Crippen LogP contribution in [0, 0.1) is 0 Å². The summed E-state index contributed by atoms with van der Waals surface area (Å²) < 4.78 is 7.13. The Kier molecular flexibility index (Phi) is 4.06. The van der Waals surface area contributed by atoms with Crippen LogP contribution in [0.15, 0.2) is 43.0 Å². The SMILES string of the molecule is CC(CCn1cccn1)OC(=O)c1cccnc1. The van der Waals surface area contributed by atoms with Crippen molar-refractivity contribution >= 4 is 5.97 Å². The third kappa shape index (κ3) is 3.41. The Labute approximate surface area is 105 Å². The van der Waals surface area contributed by atoms with Gasteiger partial charge in [0.1, 0.15) is 6.10 Å². The van der Waals surface area contributed by atoms with Gasteiger partial charge in [-0.15, -0.1) is 0 Å². The van der Waals surface area contributed by atoms with E-state index in [0.717, 1.165) is 13.0 Å². The molecule has 0 aliphatic carbocycles. The van der Waals surface area contributed by atoms with Crippen LogP contribution in [-0.4, -0.2) is 26.8 Å². The zero-order valence-corrected chi connectivity index (χ0v) is 10.2. The van der Waals surface area contributed by atoms with Crippen LogP contribution in [0.1, 0.15) is 23.7 Å². The van der Waals surface area contributed by atoms with E-state index in [1.54, 1.807) is 24.5 Å². The van der Waals surface area contributed by atoms with Crippen LogP contribution in [0.25, 0.3) is 0 Å². The van der Waals surface area contributed by atoms with Crippen molar-refractivity contribution in [1.82, 2.24) is 14.8 Å². The molecule has 0 bridgehead atoms. The van der Waals surface area contributed by atoms with E-state index in [2.05, 4.69) is 10.1 Å². The first-order chi connectivity index (χ1) is 8.75. The van der Waals surface area contributed by atoms with Crippen LogP contribution in [-0.2, 0) is 11.3 Å². The van der Waals surface area contributed by atoms with Crippen molar-refractivity contribution in [3.63, 3.8) is 0 Å². The number of hydrogen-bond acceptors (Lipinski definition) is 4. The van der Waals surface area contributed by atoms with Crippen molar-refractivity contribution in [2.75, 3.05) is 0 Å². The van der Waals surface area contributed by atoms with Gasteiger partial charge in [0.25, 0.3) is 0 Å². The Hall–Kier alpha value is -2.17. The Bertz CT molecular complexity index is 482. The summed E-state index contributed by atoms with van der Waals surface area (Å²) in [5.74, 6) is -0.337. The third-order valence-electron chi connectivity index (χ3n) is 2.53. The molecule has 0 spiro atoms. The minimum atomic E-state index is -0.337. The molecule has 0 amide bonds. The van der Waals surface area contributed by atoms with Crippen LogP contribution in [0.2, 0.25) is 0 Å². The first kappa shape index (κ1) is 12.3. The molecule has 0 saturated heterocycles. The molecule has 94 valence electrons. The predicted octanol–water partition coefficient (Wildman–Crippen LogP) is 1.91. The second-order valence-electron chi connectivity index (χ2n) is 4.02. The zero-order chi connectivity index (χ0) is 12.8. The van der Waals surface area contributed by atoms with Crippen molar-refractivity contribution in [3.05, 3.63) is 48.5 Å². The summed E-state index contributed by atoms with van der Waals surface area (Å²) in [6.07, 6.45) is 7.32. The van der Waals surface area contributed by atoms with Gasteiger partial charge in [0, 0.05) is 37.8 Å². The van der Waals surface area contributed by atoms with Gasteiger partial charge >= 0.3 is 5.97 Å². The molecule has 0 aliphatic heterocycles. The number of ether oxygens (including phenoxy) is 1. The van der Waals surface area contributed by atoms with Crippen LogP contribution < -0.4 is 0 Å². The normalized spacial score (nSPS) is 12.1. The van der Waals surface area contributed by atoms with Gasteiger partial charge in [-0.1, -0.05) is 0 Å². The molecular weight excluding hydrogens is 230 g/mol. The van der Waals surface area contributed by atoms with E-state index < -0.39 is 0 Å². The monoisotopic (exact) mass is 245 g/mol. The quantitative estimate of drug-likeness (QED) is 0.755. The molecule has 2 rings (SSSR count). The first-order valence-corrected chi connectivity index (χ1v) is 5.84. The molecule has 2 heterocycles. The number of carbonyl (C=O) groups excluding carboxylic acids is 1. The van der Waals surface area contributed by atoms with Gasteiger partial charge in [0.2, 0.25) is 0 Å². The Balaban J connectivity index is 1.80. The number of esters is 1. The fourth-order valence-electron chi connectivity index (χ4n) is 1.54. The molecule has 0 fully saturated rings. The molecule has 0 aliphatic rings. The maximum atomic E-state index is 11.7. The van der Waals surface area contributed by atoms with E-state index in [9.17, 15) is 4.79 Å². The first-order valence-electron chi connectivity index (χ1n) is 5.84. The summed E-state index contributed by atoms with van der Waals surface area (Å²) in [5.41, 5.74) is 0.475. The molecule has 0 radical (unpaired) electrons. The van der Waals surface area contributed by atoms with Gasteiger partial charge in [0.15, 0.2) is 0 Å². The van der Waals surface area contributed by atoms with Crippen molar-refractivity contribution < 1.29 is 9.53 Å². The van der Waals surface area contributed by atoms with Gasteiger partial charge in [-0.25, -0.2) is 4.79 Å². The number of pyridine rings is 1. The van der Waals surface area contributed by atoms with E-state index in [1.807, 2.05) is 23.9 Å². The van der Waals surface area contributed by atoms with Gasteiger partial charge in [0.05, 0.1) is 5.56 Å². The summed E-state index contributed by atoms with van der Waals surface area (Å²) in [7, 11) is 0. The molecule has 1 atom stereocenters. The van der Waals surface area contributed by atoms with Crippen molar-refractivity contribution in [1.29, 1.82) is 0 Å². The molecule has 5 nitrogen and oxygen atoms in total. The van der Waals surface area contributed by atoms with Gasteiger partial charge in [-0.3, -0.25) is 9.67 Å². The minimum absolute atomic E-state index is 0.151.